The van der Waals surface area contributed by atoms with Crippen LogP contribution in [0.4, 0.5) is 4.79 Å². The van der Waals surface area contributed by atoms with Crippen LogP contribution in [0.25, 0.3) is 11.1 Å². The average molecular weight is 678 g/mol. The van der Waals surface area contributed by atoms with Gasteiger partial charge in [-0.05, 0) is 46.7 Å². The zero-order valence-electron chi connectivity index (χ0n) is 27.8. The Kier molecular flexibility index (Phi) is 11.7. The molecule has 0 heterocycles. The van der Waals surface area contributed by atoms with Gasteiger partial charge in [-0.25, -0.2) is 4.79 Å². The van der Waals surface area contributed by atoms with Gasteiger partial charge in [0.25, 0.3) is 0 Å². The van der Waals surface area contributed by atoms with Gasteiger partial charge in [-0.3, -0.25) is 29.4 Å². The number of methoxy groups -OCH3 is 1. The van der Waals surface area contributed by atoms with Crippen molar-refractivity contribution in [3.63, 3.8) is 0 Å². The maximum Gasteiger partial charge on any atom is 0.410 e. The Hall–Kier alpha value is -5.81. The molecule has 1 aliphatic rings. The van der Waals surface area contributed by atoms with Crippen LogP contribution in [0.3, 0.4) is 0 Å². The van der Waals surface area contributed by atoms with Crippen LogP contribution in [0, 0.1) is 0 Å². The molecule has 0 fully saturated rings. The molecule has 0 bridgehead atoms. The number of rotatable bonds is 15. The number of hydrogen-bond donors (Lipinski definition) is 3. The summed E-state index contributed by atoms with van der Waals surface area (Å²) in [6, 6.07) is 28.8. The lowest BCUT2D eigenvalue weighted by atomic mass is 9.98. The minimum absolute atomic E-state index is 0.0345. The molecule has 2 amide bonds. The van der Waals surface area contributed by atoms with Crippen LogP contribution in [0.1, 0.15) is 41.6 Å². The zero-order chi connectivity index (χ0) is 35.6. The van der Waals surface area contributed by atoms with Gasteiger partial charge < -0.3 is 19.9 Å². The van der Waals surface area contributed by atoms with E-state index < -0.39 is 66.9 Å². The number of carbonyl (C=O) groups is 5. The van der Waals surface area contributed by atoms with E-state index in [0.29, 0.717) is 0 Å². The number of fused-ring (bicyclic) bond motifs is 3. The molecule has 258 valence electrons. The average Bonchev–Trinajstić information content (AvgIpc) is 3.46. The second-order valence-electron chi connectivity index (χ2n) is 12.0. The fourth-order valence-electron chi connectivity index (χ4n) is 6.09. The van der Waals surface area contributed by atoms with Gasteiger partial charge in [-0.15, -0.1) is 0 Å². The van der Waals surface area contributed by atoms with Crippen LogP contribution in [0.2, 0.25) is 0 Å². The normalized spacial score (nSPS) is 13.6. The van der Waals surface area contributed by atoms with E-state index in [0.717, 1.165) is 33.4 Å². The molecule has 3 N–H and O–H groups in total. The van der Waals surface area contributed by atoms with Crippen molar-refractivity contribution in [2.24, 2.45) is 0 Å². The van der Waals surface area contributed by atoms with Gasteiger partial charge >= 0.3 is 18.0 Å². The van der Waals surface area contributed by atoms with Gasteiger partial charge in [-0.2, -0.15) is 0 Å². The molecule has 11 nitrogen and oxygen atoms in total. The van der Waals surface area contributed by atoms with E-state index in [1.807, 2.05) is 84.9 Å². The summed E-state index contributed by atoms with van der Waals surface area (Å²) in [7, 11) is 1.21. The van der Waals surface area contributed by atoms with Crippen molar-refractivity contribution >= 4 is 29.7 Å². The number of esters is 1. The number of amides is 2. The summed E-state index contributed by atoms with van der Waals surface area (Å²) in [5.41, 5.74) is 4.79. The van der Waals surface area contributed by atoms with E-state index in [1.165, 1.54) is 18.9 Å². The number of aliphatic carboxylic acids is 1. The summed E-state index contributed by atoms with van der Waals surface area (Å²) in [5, 5.41) is 14.8. The Morgan fingerprint density at radius 1 is 0.780 bits per heavy atom. The van der Waals surface area contributed by atoms with Crippen LogP contribution in [0.5, 0.6) is 0 Å². The minimum Gasteiger partial charge on any atom is -0.480 e. The molecule has 0 unspecified atom stereocenters. The predicted octanol–water partition coefficient (Wildman–Crippen LogP) is 4.69. The topological polar surface area (TPSA) is 151 Å². The highest BCUT2D eigenvalue weighted by Gasteiger charge is 2.43. The van der Waals surface area contributed by atoms with Crippen molar-refractivity contribution in [2.75, 3.05) is 13.7 Å². The van der Waals surface area contributed by atoms with Crippen LogP contribution in [-0.2, 0) is 41.7 Å². The predicted molar refractivity (Wildman–Crippen MR) is 185 cm³/mol. The first-order chi connectivity index (χ1) is 24.2. The lowest BCUT2D eigenvalue weighted by molar-refractivity contribution is -0.148. The van der Waals surface area contributed by atoms with E-state index in [9.17, 15) is 29.1 Å². The third kappa shape index (κ3) is 8.42. The maximum atomic E-state index is 14.4. The molecule has 50 heavy (non-hydrogen) atoms. The third-order valence-corrected chi connectivity index (χ3v) is 8.63. The molecule has 0 saturated heterocycles. The third-order valence-electron chi connectivity index (χ3n) is 8.63. The summed E-state index contributed by atoms with van der Waals surface area (Å²) in [6.07, 6.45) is -1.18. The van der Waals surface area contributed by atoms with Crippen LogP contribution in [0.15, 0.2) is 109 Å². The number of ketones is 1. The van der Waals surface area contributed by atoms with Gasteiger partial charge in [0.05, 0.1) is 32.2 Å². The largest absolute Gasteiger partial charge is 0.480 e. The molecule has 3 atom stereocenters. The molecule has 11 heteroatoms. The Bertz CT molecular complexity index is 1790. The fraction of sp³-hybridized carbons (Fsp3) is 0.256. The number of hydrogen-bond acceptors (Lipinski definition) is 8. The number of carboxylic acids is 1. The summed E-state index contributed by atoms with van der Waals surface area (Å²) in [6.45, 7) is 0.868. The Morgan fingerprint density at radius 2 is 1.32 bits per heavy atom. The van der Waals surface area contributed by atoms with E-state index in [-0.39, 0.29) is 13.0 Å². The number of ether oxygens (including phenoxy) is 2. The Balaban J connectivity index is 1.47. The van der Waals surface area contributed by atoms with Crippen molar-refractivity contribution in [1.29, 1.82) is 0 Å². The van der Waals surface area contributed by atoms with Crippen LogP contribution in [-0.4, -0.2) is 71.5 Å². The highest BCUT2D eigenvalue weighted by Crippen LogP contribution is 2.47. The number of nitrogens with one attached hydrogen (secondary N) is 2. The van der Waals surface area contributed by atoms with Gasteiger partial charge in [-0.1, -0.05) is 109 Å². The number of carbonyl (C=O) groups excluding carboxylic acids is 4. The Labute approximate surface area is 290 Å². The molecule has 0 saturated carbocycles. The molecule has 4 aromatic carbocycles. The molecular weight excluding hydrogens is 638 g/mol. The van der Waals surface area contributed by atoms with E-state index >= 15 is 0 Å². The highest BCUT2D eigenvalue weighted by atomic mass is 16.5. The SMILES string of the molecule is COC(=O)N(C1c2ccccc2-c2ccccc21)[C@@H](CC(=O)OCc1ccccc1)C(=O)CN[C@@H](Cc1ccccc1)C(=O)N[C@@H](C)C(=O)O. The van der Waals surface area contributed by atoms with E-state index in [4.69, 9.17) is 9.47 Å². The van der Waals surface area contributed by atoms with Crippen LogP contribution < -0.4 is 10.6 Å². The first kappa shape index (κ1) is 35.5. The standard InChI is InChI=1S/C39H39N3O8/c1-25(38(46)47)41-37(45)32(21-26-13-5-3-6-14-26)40-23-34(43)33(22-35(44)50-24-27-15-7-4-8-16-27)42(39(48)49-2)36-30-19-11-9-17-28(30)29-18-10-12-20-31(29)36/h3-20,25,32-33,36,40H,21-24H2,1-2H3,(H,41,45)(H,46,47)/t25-,32-,33-/m0/s1. The second-order valence-corrected chi connectivity index (χ2v) is 12.0. The number of nitrogens with zero attached hydrogens (tertiary/aromatic N) is 1. The molecular formula is C39H39N3O8. The summed E-state index contributed by atoms with van der Waals surface area (Å²) in [5.74, 6) is -3.13. The van der Waals surface area contributed by atoms with E-state index in [2.05, 4.69) is 10.6 Å². The van der Waals surface area contributed by atoms with Crippen LogP contribution >= 0.6 is 0 Å². The number of benzene rings is 4. The molecule has 4 aromatic rings. The molecule has 5 rings (SSSR count). The fourth-order valence-corrected chi connectivity index (χ4v) is 6.09. The van der Waals surface area contributed by atoms with Crippen molar-refractivity contribution in [3.8, 4) is 11.1 Å². The first-order valence-electron chi connectivity index (χ1n) is 16.2. The van der Waals surface area contributed by atoms with E-state index in [1.54, 1.807) is 24.3 Å². The number of carboxylic acid groups (broad SMARTS) is 1. The first-order valence-corrected chi connectivity index (χ1v) is 16.2. The summed E-state index contributed by atoms with van der Waals surface area (Å²) < 4.78 is 10.8. The molecule has 1 aliphatic carbocycles. The maximum absolute atomic E-state index is 14.4. The van der Waals surface area contributed by atoms with Crippen molar-refractivity contribution in [2.45, 2.75) is 50.5 Å². The molecule has 0 aliphatic heterocycles. The summed E-state index contributed by atoms with van der Waals surface area (Å²) in [4.78, 5) is 67.6. The monoisotopic (exact) mass is 677 g/mol. The highest BCUT2D eigenvalue weighted by molar-refractivity contribution is 5.94. The Morgan fingerprint density at radius 3 is 1.88 bits per heavy atom. The molecule has 0 spiro atoms. The van der Waals surface area contributed by atoms with Crippen molar-refractivity contribution in [1.82, 2.24) is 15.5 Å². The molecule has 0 aromatic heterocycles. The van der Waals surface area contributed by atoms with Gasteiger partial charge in [0, 0.05) is 0 Å². The smallest absolute Gasteiger partial charge is 0.410 e. The van der Waals surface area contributed by atoms with Gasteiger partial charge in [0.15, 0.2) is 5.78 Å². The second kappa shape index (κ2) is 16.5. The quantitative estimate of drug-likeness (QED) is 0.152. The zero-order valence-corrected chi connectivity index (χ0v) is 27.8. The summed E-state index contributed by atoms with van der Waals surface area (Å²) >= 11 is 0. The van der Waals surface area contributed by atoms with Gasteiger partial charge in [0.2, 0.25) is 5.91 Å². The number of Topliss-reactive ketones (excluding diaryl/α,β-unsaturated/α-hetero) is 1. The molecule has 0 radical (unpaired) electrons. The lowest BCUT2D eigenvalue weighted by Crippen LogP contribution is -2.54. The minimum atomic E-state index is -1.37. The van der Waals surface area contributed by atoms with Gasteiger partial charge in [0.1, 0.15) is 18.7 Å². The van der Waals surface area contributed by atoms with Crippen molar-refractivity contribution in [3.05, 3.63) is 131 Å². The lowest BCUT2D eigenvalue weighted by Gasteiger charge is -2.35. The van der Waals surface area contributed by atoms with Crippen molar-refractivity contribution < 1.29 is 38.6 Å².